The monoisotopic (exact) mass is 369 g/mol. The first kappa shape index (κ1) is 17.0. The van der Waals surface area contributed by atoms with Crippen LogP contribution in [-0.4, -0.2) is 16.5 Å². The van der Waals surface area contributed by atoms with E-state index >= 15 is 0 Å². The highest BCUT2D eigenvalue weighted by molar-refractivity contribution is 5.86. The number of hydrogen-bond donors (Lipinski definition) is 2. The molecule has 3 heterocycles. The quantitative estimate of drug-likeness (QED) is 0.549. The van der Waals surface area contributed by atoms with E-state index in [1.807, 2.05) is 36.7 Å². The van der Waals surface area contributed by atoms with Gasteiger partial charge in [-0.2, -0.15) is 0 Å². The summed E-state index contributed by atoms with van der Waals surface area (Å²) in [6.07, 6.45) is 4.82. The summed E-state index contributed by atoms with van der Waals surface area (Å²) < 4.78 is 6.05. The van der Waals surface area contributed by atoms with Gasteiger partial charge in [0.25, 0.3) is 0 Å². The lowest BCUT2D eigenvalue weighted by Crippen LogP contribution is -2.30. The van der Waals surface area contributed by atoms with E-state index in [4.69, 9.17) is 4.74 Å². The standard InChI is InChI=1S/C24H23N3O/c1-16-14-25-11-9-19(16)23-24-20(10-12-26-23)21-13-18(7-8-22(21)27-24)28-15-17-5-3-2-4-6-17/h2-9,11,13-14,23,26-27H,10,12,15H2,1H3. The van der Waals surface area contributed by atoms with E-state index in [-0.39, 0.29) is 6.04 Å². The van der Waals surface area contributed by atoms with Crippen molar-refractivity contribution in [2.75, 3.05) is 6.54 Å². The highest BCUT2D eigenvalue weighted by Crippen LogP contribution is 2.35. The van der Waals surface area contributed by atoms with Gasteiger partial charge in [0.2, 0.25) is 0 Å². The number of pyridine rings is 1. The van der Waals surface area contributed by atoms with E-state index in [0.29, 0.717) is 6.61 Å². The summed E-state index contributed by atoms with van der Waals surface area (Å²) in [4.78, 5) is 7.90. The molecule has 0 saturated carbocycles. The number of nitrogens with zero attached hydrogens (tertiary/aromatic N) is 1. The number of benzene rings is 2. The first-order valence-corrected chi connectivity index (χ1v) is 9.75. The number of hydrogen-bond acceptors (Lipinski definition) is 3. The van der Waals surface area contributed by atoms with E-state index < -0.39 is 0 Å². The molecule has 5 rings (SSSR count). The Kier molecular flexibility index (Phi) is 4.34. The Labute approximate surface area is 164 Å². The molecule has 2 aromatic heterocycles. The number of rotatable bonds is 4. The second-order valence-corrected chi connectivity index (χ2v) is 7.37. The number of aryl methyl sites for hydroxylation is 1. The lowest BCUT2D eigenvalue weighted by molar-refractivity contribution is 0.306. The molecule has 1 atom stereocenters. The van der Waals surface area contributed by atoms with Crippen molar-refractivity contribution < 1.29 is 4.74 Å². The van der Waals surface area contributed by atoms with Gasteiger partial charge < -0.3 is 15.0 Å². The van der Waals surface area contributed by atoms with Crippen LogP contribution in [0.25, 0.3) is 10.9 Å². The Balaban J connectivity index is 1.49. The highest BCUT2D eigenvalue weighted by Gasteiger charge is 2.26. The van der Waals surface area contributed by atoms with Gasteiger partial charge in [-0.15, -0.1) is 0 Å². The van der Waals surface area contributed by atoms with E-state index in [1.54, 1.807) is 0 Å². The van der Waals surface area contributed by atoms with E-state index in [9.17, 15) is 0 Å². The van der Waals surface area contributed by atoms with Crippen LogP contribution < -0.4 is 10.1 Å². The lowest BCUT2D eigenvalue weighted by Gasteiger charge is -2.25. The van der Waals surface area contributed by atoms with Gasteiger partial charge in [0.05, 0.1) is 6.04 Å². The predicted molar refractivity (Wildman–Crippen MR) is 112 cm³/mol. The molecule has 0 amide bonds. The van der Waals surface area contributed by atoms with Gasteiger partial charge in [0.1, 0.15) is 12.4 Å². The molecule has 28 heavy (non-hydrogen) atoms. The fourth-order valence-corrected chi connectivity index (χ4v) is 4.11. The normalized spacial score (nSPS) is 16.1. The summed E-state index contributed by atoms with van der Waals surface area (Å²) in [7, 11) is 0. The summed E-state index contributed by atoms with van der Waals surface area (Å²) in [5, 5.41) is 4.93. The SMILES string of the molecule is Cc1cnccc1C1NCCc2c1[nH]c1ccc(OCc3ccccc3)cc21. The van der Waals surface area contributed by atoms with E-state index in [1.165, 1.54) is 33.3 Å². The molecule has 1 aliphatic heterocycles. The molecule has 1 unspecified atom stereocenters. The van der Waals surface area contributed by atoms with Crippen LogP contribution in [0.3, 0.4) is 0 Å². The smallest absolute Gasteiger partial charge is 0.120 e. The van der Waals surface area contributed by atoms with Gasteiger partial charge in [-0.25, -0.2) is 0 Å². The summed E-state index contributed by atoms with van der Waals surface area (Å²) in [6, 6.07) is 18.9. The van der Waals surface area contributed by atoms with Gasteiger partial charge in [0.15, 0.2) is 0 Å². The van der Waals surface area contributed by atoms with Crippen molar-refractivity contribution in [2.45, 2.75) is 26.0 Å². The molecule has 4 nitrogen and oxygen atoms in total. The van der Waals surface area contributed by atoms with Crippen molar-refractivity contribution in [1.29, 1.82) is 0 Å². The highest BCUT2D eigenvalue weighted by atomic mass is 16.5. The number of nitrogens with one attached hydrogen (secondary N) is 2. The molecule has 0 radical (unpaired) electrons. The Morgan fingerprint density at radius 1 is 1.11 bits per heavy atom. The largest absolute Gasteiger partial charge is 0.489 e. The van der Waals surface area contributed by atoms with Gasteiger partial charge in [-0.05, 0) is 59.9 Å². The zero-order chi connectivity index (χ0) is 18.9. The maximum absolute atomic E-state index is 6.05. The molecule has 4 heteroatoms. The fourth-order valence-electron chi connectivity index (χ4n) is 4.11. The third-order valence-corrected chi connectivity index (χ3v) is 5.55. The van der Waals surface area contributed by atoms with Crippen molar-refractivity contribution in [1.82, 2.24) is 15.3 Å². The first-order valence-electron chi connectivity index (χ1n) is 9.75. The Bertz CT molecular complexity index is 1120. The molecule has 0 bridgehead atoms. The molecule has 0 aliphatic carbocycles. The molecular formula is C24H23N3O. The molecule has 0 saturated heterocycles. The third-order valence-electron chi connectivity index (χ3n) is 5.55. The van der Waals surface area contributed by atoms with Crippen LogP contribution in [-0.2, 0) is 13.0 Å². The van der Waals surface area contributed by atoms with Crippen LogP contribution in [0.1, 0.15) is 34.0 Å². The molecule has 4 aromatic rings. The second kappa shape index (κ2) is 7.13. The molecule has 140 valence electrons. The number of aromatic amines is 1. The van der Waals surface area contributed by atoms with Crippen LogP contribution in [0, 0.1) is 6.92 Å². The van der Waals surface area contributed by atoms with Crippen molar-refractivity contribution in [3.05, 3.63) is 94.9 Å². The Hall–Kier alpha value is -3.11. The number of fused-ring (bicyclic) bond motifs is 3. The molecule has 0 fully saturated rings. The Morgan fingerprint density at radius 2 is 2.00 bits per heavy atom. The van der Waals surface area contributed by atoms with Crippen molar-refractivity contribution in [2.24, 2.45) is 0 Å². The average Bonchev–Trinajstić information content (AvgIpc) is 3.12. The van der Waals surface area contributed by atoms with Gasteiger partial charge in [-0.3, -0.25) is 4.98 Å². The minimum Gasteiger partial charge on any atom is -0.489 e. The maximum Gasteiger partial charge on any atom is 0.120 e. The summed E-state index contributed by atoms with van der Waals surface area (Å²) in [5.74, 6) is 0.910. The molecular weight excluding hydrogens is 346 g/mol. The van der Waals surface area contributed by atoms with Crippen LogP contribution in [0.5, 0.6) is 5.75 Å². The third kappa shape index (κ3) is 3.06. The number of aromatic nitrogens is 2. The minimum absolute atomic E-state index is 0.174. The van der Waals surface area contributed by atoms with Crippen LogP contribution in [0.15, 0.2) is 67.0 Å². The topological polar surface area (TPSA) is 49.9 Å². The van der Waals surface area contributed by atoms with E-state index in [0.717, 1.165) is 24.2 Å². The van der Waals surface area contributed by atoms with Crippen LogP contribution in [0.2, 0.25) is 0 Å². The molecule has 1 aliphatic rings. The van der Waals surface area contributed by atoms with Crippen LogP contribution >= 0.6 is 0 Å². The van der Waals surface area contributed by atoms with Crippen molar-refractivity contribution in [3.63, 3.8) is 0 Å². The van der Waals surface area contributed by atoms with Crippen molar-refractivity contribution in [3.8, 4) is 5.75 Å². The summed E-state index contributed by atoms with van der Waals surface area (Å²) >= 11 is 0. The van der Waals surface area contributed by atoms with Gasteiger partial charge in [0, 0.05) is 35.5 Å². The van der Waals surface area contributed by atoms with Crippen LogP contribution in [0.4, 0.5) is 0 Å². The summed E-state index contributed by atoms with van der Waals surface area (Å²) in [5.41, 5.74) is 7.48. The zero-order valence-corrected chi connectivity index (χ0v) is 15.9. The van der Waals surface area contributed by atoms with Crippen molar-refractivity contribution >= 4 is 10.9 Å². The zero-order valence-electron chi connectivity index (χ0n) is 15.9. The molecule has 2 aromatic carbocycles. The maximum atomic E-state index is 6.05. The van der Waals surface area contributed by atoms with Gasteiger partial charge in [-0.1, -0.05) is 30.3 Å². The Morgan fingerprint density at radius 3 is 2.86 bits per heavy atom. The van der Waals surface area contributed by atoms with E-state index in [2.05, 4.69) is 52.5 Å². The first-order chi connectivity index (χ1) is 13.8. The number of H-pyrrole nitrogens is 1. The second-order valence-electron chi connectivity index (χ2n) is 7.37. The molecule has 0 spiro atoms. The summed E-state index contributed by atoms with van der Waals surface area (Å²) in [6.45, 7) is 3.66. The fraction of sp³-hybridized carbons (Fsp3) is 0.208. The lowest BCUT2D eigenvalue weighted by atomic mass is 9.93. The predicted octanol–water partition coefficient (Wildman–Crippen LogP) is 4.69. The van der Waals surface area contributed by atoms with Gasteiger partial charge >= 0.3 is 0 Å². The average molecular weight is 369 g/mol. The molecule has 2 N–H and O–H groups in total. The number of ether oxygens (including phenoxy) is 1. The minimum atomic E-state index is 0.174.